The zero-order chi connectivity index (χ0) is 18.1. The summed E-state index contributed by atoms with van der Waals surface area (Å²) < 4.78 is 20.0. The Bertz CT molecular complexity index is 886. The van der Waals surface area contributed by atoms with Crippen molar-refractivity contribution in [3.63, 3.8) is 0 Å². The number of carbonyl (C=O) groups excluding carboxylic acids is 1. The third kappa shape index (κ3) is 3.40. The van der Waals surface area contributed by atoms with E-state index in [1.54, 1.807) is 27.7 Å². The highest BCUT2D eigenvalue weighted by Gasteiger charge is 2.23. The van der Waals surface area contributed by atoms with Crippen LogP contribution in [0.5, 0.6) is 0 Å². The summed E-state index contributed by atoms with van der Waals surface area (Å²) in [4.78, 5) is 19.5. The molecular formula is C17H18FN5O2S. The summed E-state index contributed by atoms with van der Waals surface area (Å²) >= 11 is 1.37. The molecule has 1 saturated heterocycles. The number of ether oxygens (including phenoxy) is 1. The van der Waals surface area contributed by atoms with Gasteiger partial charge in [0.05, 0.1) is 25.1 Å². The Hall–Kier alpha value is -2.52. The van der Waals surface area contributed by atoms with E-state index in [2.05, 4.69) is 15.4 Å². The molecule has 0 spiro atoms. The molecule has 0 bridgehead atoms. The molecule has 26 heavy (non-hydrogen) atoms. The fraction of sp³-hybridized carbons (Fsp3) is 0.353. The van der Waals surface area contributed by atoms with Gasteiger partial charge in [0, 0.05) is 18.7 Å². The van der Waals surface area contributed by atoms with E-state index < -0.39 is 0 Å². The van der Waals surface area contributed by atoms with Gasteiger partial charge in [-0.2, -0.15) is 0 Å². The van der Waals surface area contributed by atoms with Crippen LogP contribution in [0, 0.1) is 5.82 Å². The van der Waals surface area contributed by atoms with Gasteiger partial charge in [0.15, 0.2) is 0 Å². The zero-order valence-electron chi connectivity index (χ0n) is 14.2. The van der Waals surface area contributed by atoms with Crippen LogP contribution in [0.3, 0.4) is 0 Å². The lowest BCUT2D eigenvalue weighted by Crippen LogP contribution is -2.47. The van der Waals surface area contributed by atoms with E-state index in [1.807, 2.05) is 6.92 Å². The van der Waals surface area contributed by atoms with Crippen molar-refractivity contribution in [2.75, 3.05) is 31.6 Å². The maximum Gasteiger partial charge on any atom is 0.245 e. The lowest BCUT2D eigenvalue weighted by molar-refractivity contribution is -0.135. The lowest BCUT2D eigenvalue weighted by Gasteiger charge is -2.29. The summed E-state index contributed by atoms with van der Waals surface area (Å²) in [7, 11) is 0. The molecule has 1 aliphatic rings. The number of imidazole rings is 1. The molecule has 1 unspecified atom stereocenters. The molecule has 3 aromatic rings. The Morgan fingerprint density at radius 3 is 2.73 bits per heavy atom. The zero-order valence-corrected chi connectivity index (χ0v) is 15.0. The van der Waals surface area contributed by atoms with Crippen LogP contribution in [0.25, 0.3) is 16.2 Å². The smallest absolute Gasteiger partial charge is 0.245 e. The molecule has 7 nitrogen and oxygen atoms in total. The molecule has 4 rings (SSSR count). The van der Waals surface area contributed by atoms with Crippen molar-refractivity contribution in [1.82, 2.24) is 19.5 Å². The van der Waals surface area contributed by atoms with Crippen LogP contribution in [0.4, 0.5) is 9.52 Å². The molecular weight excluding hydrogens is 357 g/mol. The summed E-state index contributed by atoms with van der Waals surface area (Å²) in [5, 5.41) is 8.21. The van der Waals surface area contributed by atoms with Gasteiger partial charge < -0.3 is 15.0 Å². The first-order chi connectivity index (χ1) is 12.6. The Balaban J connectivity index is 1.46. The molecule has 1 amide bonds. The van der Waals surface area contributed by atoms with Gasteiger partial charge in [-0.05, 0) is 31.2 Å². The Labute approximate surface area is 153 Å². The maximum absolute atomic E-state index is 13.0. The first kappa shape index (κ1) is 16.9. The van der Waals surface area contributed by atoms with Crippen molar-refractivity contribution in [2.24, 2.45) is 0 Å². The summed E-state index contributed by atoms with van der Waals surface area (Å²) in [6.07, 6.45) is 1.79. The van der Waals surface area contributed by atoms with Crippen LogP contribution < -0.4 is 5.32 Å². The molecule has 1 N–H and O–H groups in total. The monoisotopic (exact) mass is 375 g/mol. The van der Waals surface area contributed by atoms with Crippen LogP contribution >= 0.6 is 11.3 Å². The summed E-state index contributed by atoms with van der Waals surface area (Å²) in [6.45, 7) is 4.22. The first-order valence-electron chi connectivity index (χ1n) is 8.35. The minimum Gasteiger partial charge on any atom is -0.378 e. The van der Waals surface area contributed by atoms with Crippen molar-refractivity contribution in [2.45, 2.75) is 13.0 Å². The largest absolute Gasteiger partial charge is 0.378 e. The number of nitrogens with zero attached hydrogens (tertiary/aromatic N) is 4. The van der Waals surface area contributed by atoms with Gasteiger partial charge in [-0.3, -0.25) is 4.79 Å². The second kappa shape index (κ2) is 7.00. The van der Waals surface area contributed by atoms with Crippen molar-refractivity contribution >= 4 is 27.3 Å². The number of halogens is 1. The molecule has 0 aliphatic carbocycles. The maximum atomic E-state index is 13.0. The van der Waals surface area contributed by atoms with Crippen LogP contribution in [-0.4, -0.2) is 57.8 Å². The highest BCUT2D eigenvalue weighted by Crippen LogP contribution is 2.25. The second-order valence-electron chi connectivity index (χ2n) is 6.07. The SMILES string of the molecule is CC(Nc1nn2cc(-c3ccc(F)cc3)nc2s1)C(=O)N1CCOCC1. The molecule has 2 aromatic heterocycles. The number of anilines is 1. The topological polar surface area (TPSA) is 71.8 Å². The average Bonchev–Trinajstić information content (AvgIpc) is 3.21. The van der Waals surface area contributed by atoms with E-state index >= 15 is 0 Å². The standard InChI is InChI=1S/C17H18FN5O2S/c1-11(15(24)22-6-8-25-9-7-22)19-16-21-23-10-14(20-17(23)26-16)12-2-4-13(18)5-3-12/h2-5,10-11H,6-9H2,1H3,(H,19,21). The fourth-order valence-electron chi connectivity index (χ4n) is 2.82. The normalized spacial score (nSPS) is 16.0. The predicted molar refractivity (Wildman–Crippen MR) is 96.7 cm³/mol. The van der Waals surface area contributed by atoms with E-state index in [0.717, 1.165) is 11.3 Å². The van der Waals surface area contributed by atoms with Crippen LogP contribution in [0.1, 0.15) is 6.92 Å². The Kier molecular flexibility index (Phi) is 4.56. The molecule has 3 heterocycles. The van der Waals surface area contributed by atoms with Gasteiger partial charge in [0.25, 0.3) is 0 Å². The van der Waals surface area contributed by atoms with E-state index in [4.69, 9.17) is 4.74 Å². The van der Waals surface area contributed by atoms with E-state index in [1.165, 1.54) is 23.5 Å². The fourth-order valence-corrected chi connectivity index (χ4v) is 3.69. The minimum absolute atomic E-state index is 0.0353. The number of morpholine rings is 1. The van der Waals surface area contributed by atoms with Gasteiger partial charge >= 0.3 is 0 Å². The number of hydrogen-bond donors (Lipinski definition) is 1. The van der Waals surface area contributed by atoms with Crippen LogP contribution in [-0.2, 0) is 9.53 Å². The molecule has 0 radical (unpaired) electrons. The van der Waals surface area contributed by atoms with Gasteiger partial charge in [-0.1, -0.05) is 11.3 Å². The molecule has 136 valence electrons. The van der Waals surface area contributed by atoms with Crippen molar-refractivity contribution < 1.29 is 13.9 Å². The summed E-state index contributed by atoms with van der Waals surface area (Å²) in [5.74, 6) is -0.244. The number of hydrogen-bond acceptors (Lipinski definition) is 6. The molecule has 1 aliphatic heterocycles. The molecule has 9 heteroatoms. The molecule has 0 saturated carbocycles. The second-order valence-corrected chi connectivity index (χ2v) is 7.03. The molecule has 1 aromatic carbocycles. The highest BCUT2D eigenvalue weighted by atomic mass is 32.1. The summed E-state index contributed by atoms with van der Waals surface area (Å²) in [5.41, 5.74) is 1.56. The summed E-state index contributed by atoms with van der Waals surface area (Å²) in [6, 6.07) is 5.80. The predicted octanol–water partition coefficient (Wildman–Crippen LogP) is 2.26. The number of amides is 1. The quantitative estimate of drug-likeness (QED) is 0.757. The number of aromatic nitrogens is 3. The highest BCUT2D eigenvalue weighted by molar-refractivity contribution is 7.20. The Morgan fingerprint density at radius 1 is 1.31 bits per heavy atom. The minimum atomic E-state index is -0.375. The van der Waals surface area contributed by atoms with E-state index in [9.17, 15) is 9.18 Å². The first-order valence-corrected chi connectivity index (χ1v) is 9.17. The van der Waals surface area contributed by atoms with Gasteiger partial charge in [0.1, 0.15) is 11.9 Å². The van der Waals surface area contributed by atoms with Crippen molar-refractivity contribution in [3.8, 4) is 11.3 Å². The number of fused-ring (bicyclic) bond motifs is 1. The third-order valence-corrected chi connectivity index (χ3v) is 5.07. The van der Waals surface area contributed by atoms with Crippen LogP contribution in [0.15, 0.2) is 30.5 Å². The third-order valence-electron chi connectivity index (χ3n) is 4.22. The van der Waals surface area contributed by atoms with Crippen molar-refractivity contribution in [3.05, 3.63) is 36.3 Å². The number of rotatable bonds is 4. The molecule has 1 atom stereocenters. The molecule has 1 fully saturated rings. The van der Waals surface area contributed by atoms with Gasteiger partial charge in [0.2, 0.25) is 16.0 Å². The van der Waals surface area contributed by atoms with Gasteiger partial charge in [-0.15, -0.1) is 5.10 Å². The Morgan fingerprint density at radius 2 is 2.04 bits per heavy atom. The number of carbonyl (C=O) groups is 1. The van der Waals surface area contributed by atoms with Crippen molar-refractivity contribution in [1.29, 1.82) is 0 Å². The van der Waals surface area contributed by atoms with E-state index in [0.29, 0.717) is 36.4 Å². The number of benzene rings is 1. The van der Waals surface area contributed by atoms with Gasteiger partial charge in [-0.25, -0.2) is 13.9 Å². The number of nitrogens with one attached hydrogen (secondary N) is 1. The lowest BCUT2D eigenvalue weighted by atomic mass is 10.2. The van der Waals surface area contributed by atoms with Crippen LogP contribution in [0.2, 0.25) is 0 Å². The van der Waals surface area contributed by atoms with E-state index in [-0.39, 0.29) is 17.8 Å². The average molecular weight is 375 g/mol.